The summed E-state index contributed by atoms with van der Waals surface area (Å²) in [5.41, 5.74) is 2.44. The van der Waals surface area contributed by atoms with Crippen LogP contribution >= 0.6 is 0 Å². The molecule has 0 saturated carbocycles. The lowest BCUT2D eigenvalue weighted by Crippen LogP contribution is -2.58. The highest BCUT2D eigenvalue weighted by atomic mass is 16.5. The first-order valence-corrected chi connectivity index (χ1v) is 14.7. The highest BCUT2D eigenvalue weighted by Crippen LogP contribution is 2.59. The predicted molar refractivity (Wildman–Crippen MR) is 162 cm³/mol. The fraction of sp³-hybridized carbons (Fsp3) is 0.441. The molecule has 3 saturated heterocycles. The molecule has 0 aromatic heterocycles. The maximum absolute atomic E-state index is 14.7. The number of fused-ring (bicyclic) bond motifs is 1. The number of carbonyl (C=O) groups excluding carboxylic acids is 3. The lowest BCUT2D eigenvalue weighted by atomic mass is 9.70. The largest absolute Gasteiger partial charge is 0.394 e. The van der Waals surface area contributed by atoms with Crippen LogP contribution in [0.25, 0.3) is 0 Å². The van der Waals surface area contributed by atoms with Gasteiger partial charge in [0.2, 0.25) is 11.8 Å². The van der Waals surface area contributed by atoms with Gasteiger partial charge in [-0.3, -0.25) is 14.4 Å². The van der Waals surface area contributed by atoms with Crippen LogP contribution in [-0.2, 0) is 25.7 Å². The van der Waals surface area contributed by atoms with Gasteiger partial charge in [-0.05, 0) is 50.3 Å². The zero-order valence-corrected chi connectivity index (χ0v) is 24.7. The minimum Gasteiger partial charge on any atom is -0.394 e. The van der Waals surface area contributed by atoms with E-state index >= 15 is 0 Å². The predicted octanol–water partition coefficient (Wildman–Crippen LogP) is 3.79. The summed E-state index contributed by atoms with van der Waals surface area (Å²) in [6, 6.07) is 13.9. The number of ether oxygens (including phenoxy) is 1. The third kappa shape index (κ3) is 4.76. The number of benzene rings is 2. The summed E-state index contributed by atoms with van der Waals surface area (Å²) in [5, 5.41) is 10.2. The van der Waals surface area contributed by atoms with Gasteiger partial charge in [0, 0.05) is 25.3 Å². The van der Waals surface area contributed by atoms with Gasteiger partial charge in [0.25, 0.3) is 5.91 Å². The van der Waals surface area contributed by atoms with Crippen molar-refractivity contribution in [3.8, 4) is 0 Å². The van der Waals surface area contributed by atoms with Gasteiger partial charge in [0.05, 0.1) is 30.6 Å². The Morgan fingerprint density at radius 1 is 1.07 bits per heavy atom. The van der Waals surface area contributed by atoms with E-state index in [1.54, 1.807) is 28.9 Å². The van der Waals surface area contributed by atoms with Gasteiger partial charge >= 0.3 is 0 Å². The maximum atomic E-state index is 14.7. The van der Waals surface area contributed by atoms with Crippen molar-refractivity contribution in [3.63, 3.8) is 0 Å². The average molecular weight is 572 g/mol. The van der Waals surface area contributed by atoms with Gasteiger partial charge < -0.3 is 24.5 Å². The van der Waals surface area contributed by atoms with Crippen molar-refractivity contribution in [2.75, 3.05) is 24.6 Å². The Labute approximate surface area is 248 Å². The molecule has 222 valence electrons. The molecule has 2 aromatic carbocycles. The normalized spacial score (nSPS) is 26.6. The van der Waals surface area contributed by atoms with Crippen LogP contribution in [0.3, 0.4) is 0 Å². The second-order valence-electron chi connectivity index (χ2n) is 11.8. The number of amides is 3. The molecule has 1 N–H and O–H groups in total. The molecule has 6 atom stereocenters. The second-order valence-corrected chi connectivity index (χ2v) is 11.8. The molecule has 2 aromatic rings. The number of aliphatic hydroxyl groups is 1. The molecular formula is C34H41N3O5. The van der Waals surface area contributed by atoms with E-state index in [1.165, 1.54) is 4.90 Å². The van der Waals surface area contributed by atoms with Crippen molar-refractivity contribution >= 4 is 23.4 Å². The Kier molecular flexibility index (Phi) is 8.39. The van der Waals surface area contributed by atoms with Gasteiger partial charge in [0.15, 0.2) is 0 Å². The Balaban J connectivity index is 1.56. The molecule has 8 nitrogen and oxygen atoms in total. The van der Waals surface area contributed by atoms with Gasteiger partial charge in [-0.25, -0.2) is 0 Å². The summed E-state index contributed by atoms with van der Waals surface area (Å²) in [6.45, 7) is 14.0. The number of nitrogens with zero attached hydrogens (tertiary/aromatic N) is 3. The summed E-state index contributed by atoms with van der Waals surface area (Å²) in [5.74, 6) is -2.32. The lowest BCUT2D eigenvalue weighted by Gasteiger charge is -2.39. The highest BCUT2D eigenvalue weighted by molar-refractivity contribution is 6.05. The van der Waals surface area contributed by atoms with Crippen molar-refractivity contribution < 1.29 is 24.2 Å². The quantitative estimate of drug-likeness (QED) is 0.415. The van der Waals surface area contributed by atoms with E-state index < -0.39 is 35.6 Å². The van der Waals surface area contributed by atoms with Crippen molar-refractivity contribution in [1.29, 1.82) is 0 Å². The van der Waals surface area contributed by atoms with Gasteiger partial charge in [-0.1, -0.05) is 60.7 Å². The standard InChI is InChI=1S/C34H41N3O5/c1-6-18-35(20-25-14-9-8-10-15-25)31(39)27-26-16-17-34(42-26)28(27)32(40)37(24(5)21-38)30(34)33(41)36(19-7-2)29-22(3)12-11-13-23(29)4/h6-15,24,26-28,30,38H,1-2,16-21H2,3-5H3/t24-,26-,27+,28+,30?,34?/m1/s1. The van der Waals surface area contributed by atoms with E-state index in [0.717, 1.165) is 22.4 Å². The lowest BCUT2D eigenvalue weighted by molar-refractivity contribution is -0.147. The van der Waals surface area contributed by atoms with Crippen LogP contribution < -0.4 is 4.90 Å². The summed E-state index contributed by atoms with van der Waals surface area (Å²) < 4.78 is 6.66. The summed E-state index contributed by atoms with van der Waals surface area (Å²) in [7, 11) is 0. The van der Waals surface area contributed by atoms with Gasteiger partial charge in [0.1, 0.15) is 11.6 Å². The van der Waals surface area contributed by atoms with Crippen LogP contribution in [0.2, 0.25) is 0 Å². The fourth-order valence-corrected chi connectivity index (χ4v) is 7.42. The second kappa shape index (κ2) is 11.9. The Bertz CT molecular complexity index is 1360. The first-order chi connectivity index (χ1) is 20.2. The third-order valence-corrected chi connectivity index (χ3v) is 9.16. The Hall–Kier alpha value is -3.75. The molecule has 5 rings (SSSR count). The molecule has 3 fully saturated rings. The molecule has 2 bridgehead atoms. The average Bonchev–Trinajstić information content (AvgIpc) is 3.63. The van der Waals surface area contributed by atoms with Crippen molar-refractivity contribution in [2.45, 2.75) is 63.9 Å². The number of anilines is 1. The van der Waals surface area contributed by atoms with Gasteiger partial charge in [-0.2, -0.15) is 0 Å². The molecule has 0 radical (unpaired) electrons. The molecule has 3 aliphatic rings. The van der Waals surface area contributed by atoms with E-state index in [9.17, 15) is 19.5 Å². The molecule has 0 aliphatic carbocycles. The third-order valence-electron chi connectivity index (χ3n) is 9.16. The van der Waals surface area contributed by atoms with E-state index in [-0.39, 0.29) is 30.9 Å². The minimum absolute atomic E-state index is 0.175. The number of hydrogen-bond acceptors (Lipinski definition) is 5. The van der Waals surface area contributed by atoms with Crippen LogP contribution in [-0.4, -0.2) is 76.1 Å². The number of aliphatic hydroxyl groups excluding tert-OH is 1. The van der Waals surface area contributed by atoms with E-state index in [4.69, 9.17) is 4.74 Å². The van der Waals surface area contributed by atoms with Crippen LogP contribution in [0.5, 0.6) is 0 Å². The fourth-order valence-electron chi connectivity index (χ4n) is 7.42. The molecule has 3 heterocycles. The zero-order valence-electron chi connectivity index (χ0n) is 24.7. The van der Waals surface area contributed by atoms with Crippen molar-refractivity contribution in [3.05, 3.63) is 90.5 Å². The topological polar surface area (TPSA) is 90.4 Å². The number of aryl methyl sites for hydroxylation is 2. The Morgan fingerprint density at radius 2 is 1.74 bits per heavy atom. The van der Waals surface area contributed by atoms with E-state index in [2.05, 4.69) is 13.2 Å². The molecule has 3 amide bonds. The summed E-state index contributed by atoms with van der Waals surface area (Å²) >= 11 is 0. The van der Waals surface area contributed by atoms with E-state index in [0.29, 0.717) is 25.9 Å². The molecule has 8 heteroatoms. The summed E-state index contributed by atoms with van der Waals surface area (Å²) in [4.78, 5) is 48.2. The molecule has 1 spiro atoms. The van der Waals surface area contributed by atoms with Crippen LogP contribution in [0.4, 0.5) is 5.69 Å². The number of rotatable bonds is 11. The number of hydrogen-bond donors (Lipinski definition) is 1. The minimum atomic E-state index is -1.16. The van der Waals surface area contributed by atoms with Crippen molar-refractivity contribution in [1.82, 2.24) is 9.80 Å². The smallest absolute Gasteiger partial charge is 0.253 e. The van der Waals surface area contributed by atoms with E-state index in [1.807, 2.05) is 62.4 Å². The molecule has 42 heavy (non-hydrogen) atoms. The van der Waals surface area contributed by atoms with Crippen LogP contribution in [0.15, 0.2) is 73.8 Å². The monoisotopic (exact) mass is 571 g/mol. The molecule has 2 unspecified atom stereocenters. The molecular weight excluding hydrogens is 530 g/mol. The SMILES string of the molecule is C=CCN(Cc1ccccc1)C(=O)[C@@H]1[C@H]2C(=O)N([C@H](C)CO)C(C(=O)N(CC=C)c3c(C)cccc3C)C23CC[C@H]1O3. The maximum Gasteiger partial charge on any atom is 0.253 e. The number of carbonyl (C=O) groups is 3. The van der Waals surface area contributed by atoms with Gasteiger partial charge in [-0.15, -0.1) is 13.2 Å². The first-order valence-electron chi connectivity index (χ1n) is 14.7. The first kappa shape index (κ1) is 29.7. The Morgan fingerprint density at radius 3 is 2.36 bits per heavy atom. The number of para-hydroxylation sites is 1. The van der Waals surface area contributed by atoms with Crippen molar-refractivity contribution in [2.24, 2.45) is 11.8 Å². The highest BCUT2D eigenvalue weighted by Gasteiger charge is 2.75. The molecule has 3 aliphatic heterocycles. The van der Waals surface area contributed by atoms with Crippen LogP contribution in [0.1, 0.15) is 36.5 Å². The number of likely N-dealkylation sites (tertiary alicyclic amines) is 1. The summed E-state index contributed by atoms with van der Waals surface area (Å²) in [6.07, 6.45) is 3.95. The zero-order chi connectivity index (χ0) is 30.2. The van der Waals surface area contributed by atoms with Crippen LogP contribution in [0, 0.1) is 25.7 Å².